The first-order chi connectivity index (χ1) is 7.38. The van der Waals surface area contributed by atoms with Gasteiger partial charge in [-0.1, -0.05) is 6.92 Å². The molecule has 0 aromatic rings. The monoisotopic (exact) mass is 290 g/mol. The average Bonchev–Trinajstić information content (AvgIpc) is 2.12. The Morgan fingerprint density at radius 2 is 1.65 bits per heavy atom. The number of nitrogens with one attached hydrogen (secondary N) is 1. The van der Waals surface area contributed by atoms with Crippen LogP contribution in [-0.2, 0) is 9.13 Å². The maximum absolute atomic E-state index is 11.0. The van der Waals surface area contributed by atoms with E-state index in [-0.39, 0.29) is 12.1 Å². The molecule has 0 aliphatic rings. The Morgan fingerprint density at radius 3 is 1.88 bits per heavy atom. The summed E-state index contributed by atoms with van der Waals surface area (Å²) in [7, 11) is -11.1. The lowest BCUT2D eigenvalue weighted by Crippen LogP contribution is -2.48. The van der Waals surface area contributed by atoms with E-state index < -0.39 is 32.7 Å². The van der Waals surface area contributed by atoms with Gasteiger partial charge in [0.15, 0.2) is 0 Å². The van der Waals surface area contributed by atoms with E-state index in [4.69, 9.17) is 30.7 Å². The van der Waals surface area contributed by atoms with E-state index in [1.807, 2.05) is 0 Å². The standard InChI is InChI=1S/C6H16N2O7P2/c1-2-4(7)3-5(8)6(9,16(10,11)12)17(13,14)15/h5,7,9H,2-3,8H2,1H3,(H2,10,11,12)(H2,13,14,15). The second-order valence-corrected chi connectivity index (χ2v) is 7.44. The van der Waals surface area contributed by atoms with Crippen molar-refractivity contribution in [3.8, 4) is 0 Å². The zero-order valence-electron chi connectivity index (χ0n) is 9.02. The van der Waals surface area contributed by atoms with Crippen molar-refractivity contribution in [2.75, 3.05) is 0 Å². The van der Waals surface area contributed by atoms with E-state index in [1.54, 1.807) is 6.92 Å². The molecule has 0 spiro atoms. The van der Waals surface area contributed by atoms with E-state index in [0.29, 0.717) is 0 Å². The Kier molecular flexibility index (Phi) is 5.22. The van der Waals surface area contributed by atoms with Gasteiger partial charge in [0.05, 0.1) is 6.04 Å². The van der Waals surface area contributed by atoms with Crippen LogP contribution >= 0.6 is 15.2 Å². The van der Waals surface area contributed by atoms with Gasteiger partial charge < -0.3 is 35.8 Å². The van der Waals surface area contributed by atoms with E-state index >= 15 is 0 Å². The number of hydrogen-bond donors (Lipinski definition) is 7. The van der Waals surface area contributed by atoms with Crippen molar-refractivity contribution < 1.29 is 33.8 Å². The smallest absolute Gasteiger partial charge is 0.366 e. The topological polar surface area (TPSA) is 185 Å². The predicted molar refractivity (Wildman–Crippen MR) is 59.6 cm³/mol. The van der Waals surface area contributed by atoms with Crippen molar-refractivity contribution in [3.63, 3.8) is 0 Å². The first kappa shape index (κ1) is 16.9. The molecular formula is C6H16N2O7P2. The molecule has 0 rings (SSSR count). The van der Waals surface area contributed by atoms with Crippen molar-refractivity contribution in [3.05, 3.63) is 0 Å². The number of rotatable bonds is 6. The predicted octanol–water partition coefficient (Wildman–Crippen LogP) is -0.865. The van der Waals surface area contributed by atoms with Gasteiger partial charge in [0, 0.05) is 12.1 Å². The molecule has 0 saturated carbocycles. The molecule has 0 saturated heterocycles. The summed E-state index contributed by atoms with van der Waals surface area (Å²) in [6, 6.07) is -1.93. The van der Waals surface area contributed by atoms with Crippen LogP contribution < -0.4 is 5.73 Å². The quantitative estimate of drug-likeness (QED) is 0.243. The Hall–Kier alpha value is -0.110. The molecule has 0 heterocycles. The van der Waals surface area contributed by atoms with Crippen LogP contribution in [0.15, 0.2) is 0 Å². The molecule has 8 N–H and O–H groups in total. The van der Waals surface area contributed by atoms with Gasteiger partial charge in [0.2, 0.25) is 0 Å². The molecule has 102 valence electrons. The maximum atomic E-state index is 11.0. The third-order valence-corrected chi connectivity index (χ3v) is 6.19. The molecule has 0 radical (unpaired) electrons. The van der Waals surface area contributed by atoms with E-state index in [1.165, 1.54) is 0 Å². The minimum atomic E-state index is -5.56. The Labute approximate surface area is 97.5 Å². The number of aliphatic hydroxyl groups is 1. The van der Waals surface area contributed by atoms with Gasteiger partial charge in [0.1, 0.15) is 0 Å². The van der Waals surface area contributed by atoms with Crippen LogP contribution in [0.2, 0.25) is 0 Å². The molecule has 17 heavy (non-hydrogen) atoms. The Morgan fingerprint density at radius 1 is 1.29 bits per heavy atom. The highest BCUT2D eigenvalue weighted by atomic mass is 31.2. The summed E-state index contributed by atoms with van der Waals surface area (Å²) in [5.74, 6) is 0. The summed E-state index contributed by atoms with van der Waals surface area (Å²) in [4.78, 5) is 35.4. The minimum Gasteiger partial charge on any atom is -0.366 e. The van der Waals surface area contributed by atoms with Crippen molar-refractivity contribution >= 4 is 20.9 Å². The molecule has 0 fully saturated rings. The molecule has 1 atom stereocenters. The largest absolute Gasteiger partial charge is 0.371 e. The molecule has 11 heteroatoms. The molecule has 0 amide bonds. The van der Waals surface area contributed by atoms with Gasteiger partial charge in [-0.2, -0.15) is 0 Å². The fourth-order valence-electron chi connectivity index (χ4n) is 1.15. The van der Waals surface area contributed by atoms with Crippen LogP contribution in [0.1, 0.15) is 19.8 Å². The number of hydrogen-bond acceptors (Lipinski definition) is 5. The summed E-state index contributed by atoms with van der Waals surface area (Å²) in [6.45, 7) is 1.56. The van der Waals surface area contributed by atoms with Gasteiger partial charge >= 0.3 is 15.2 Å². The van der Waals surface area contributed by atoms with Crippen LogP contribution in [-0.4, -0.2) is 41.5 Å². The fraction of sp³-hybridized carbons (Fsp3) is 0.833. The average molecular weight is 290 g/mol. The van der Waals surface area contributed by atoms with Gasteiger partial charge in [-0.05, 0) is 6.42 Å². The Balaban J connectivity index is 5.45. The van der Waals surface area contributed by atoms with Crippen molar-refractivity contribution in [2.24, 2.45) is 5.73 Å². The first-order valence-corrected chi connectivity index (χ1v) is 7.76. The van der Waals surface area contributed by atoms with E-state index in [2.05, 4.69) is 0 Å². The first-order valence-electron chi connectivity index (χ1n) is 4.53. The lowest BCUT2D eigenvalue weighted by Gasteiger charge is -2.34. The summed E-state index contributed by atoms with van der Waals surface area (Å²) >= 11 is 0. The lowest BCUT2D eigenvalue weighted by atomic mass is 10.1. The Bertz CT molecular complexity index is 364. The highest BCUT2D eigenvalue weighted by Gasteiger charge is 2.63. The second-order valence-electron chi connectivity index (χ2n) is 3.54. The zero-order chi connectivity index (χ0) is 14.1. The number of nitrogens with two attached hydrogens (primary N) is 1. The molecule has 0 aliphatic carbocycles. The van der Waals surface area contributed by atoms with E-state index in [0.717, 1.165) is 0 Å². The molecule has 9 nitrogen and oxygen atoms in total. The summed E-state index contributed by atoms with van der Waals surface area (Å²) < 4.78 is 22.0. The van der Waals surface area contributed by atoms with Crippen LogP contribution in [0.25, 0.3) is 0 Å². The van der Waals surface area contributed by atoms with Gasteiger partial charge in [0.25, 0.3) is 5.08 Å². The summed E-state index contributed by atoms with van der Waals surface area (Å²) in [5, 5.41) is 13.1. The lowest BCUT2D eigenvalue weighted by molar-refractivity contribution is 0.109. The molecule has 0 bridgehead atoms. The SMILES string of the molecule is CCC(=N)CC(N)C(O)(P(=O)(O)O)P(=O)(O)O. The molecule has 0 aliphatic heterocycles. The molecule has 0 aromatic carbocycles. The third kappa shape index (κ3) is 3.43. The highest BCUT2D eigenvalue weighted by Crippen LogP contribution is 2.68. The normalized spacial score (nSPS) is 15.7. The summed E-state index contributed by atoms with van der Waals surface area (Å²) in [5.41, 5.74) is 5.14. The fourth-order valence-corrected chi connectivity index (χ4v) is 3.55. The van der Waals surface area contributed by atoms with Gasteiger partial charge in [-0.15, -0.1) is 0 Å². The zero-order valence-corrected chi connectivity index (χ0v) is 10.8. The third-order valence-electron chi connectivity index (χ3n) is 2.25. The van der Waals surface area contributed by atoms with Crippen LogP contribution in [0.3, 0.4) is 0 Å². The van der Waals surface area contributed by atoms with Gasteiger partial charge in [-0.3, -0.25) is 9.13 Å². The molecular weight excluding hydrogens is 274 g/mol. The second kappa shape index (κ2) is 5.26. The minimum absolute atomic E-state index is 0.0853. The van der Waals surface area contributed by atoms with Crippen molar-refractivity contribution in [1.82, 2.24) is 0 Å². The highest BCUT2D eigenvalue weighted by molar-refractivity contribution is 7.72. The van der Waals surface area contributed by atoms with Crippen molar-refractivity contribution in [2.45, 2.75) is 30.9 Å². The van der Waals surface area contributed by atoms with Crippen LogP contribution in [0.4, 0.5) is 0 Å². The van der Waals surface area contributed by atoms with Gasteiger partial charge in [-0.25, -0.2) is 0 Å². The van der Waals surface area contributed by atoms with Crippen LogP contribution in [0.5, 0.6) is 0 Å². The van der Waals surface area contributed by atoms with E-state index in [9.17, 15) is 14.2 Å². The molecule has 1 unspecified atom stereocenters. The maximum Gasteiger partial charge on any atom is 0.371 e. The van der Waals surface area contributed by atoms with Crippen LogP contribution in [0, 0.1) is 5.41 Å². The summed E-state index contributed by atoms with van der Waals surface area (Å²) in [6.07, 6.45) is -0.338. The molecule has 0 aromatic heterocycles. The van der Waals surface area contributed by atoms with Crippen molar-refractivity contribution in [1.29, 1.82) is 5.41 Å².